The van der Waals surface area contributed by atoms with Crippen molar-refractivity contribution in [1.82, 2.24) is 5.01 Å². The van der Waals surface area contributed by atoms with E-state index in [0.717, 1.165) is 17.7 Å². The zero-order valence-corrected chi connectivity index (χ0v) is 15.2. The zero-order chi connectivity index (χ0) is 18.7. The average Bonchev–Trinajstić information content (AvgIpc) is 2.68. The minimum absolute atomic E-state index is 0.130. The maximum atomic E-state index is 12.8. The third kappa shape index (κ3) is 3.49. The highest BCUT2D eigenvalue weighted by atomic mass is 16.5. The number of hydrazone groups is 1. The van der Waals surface area contributed by atoms with E-state index < -0.39 is 0 Å². The number of methoxy groups -OCH3 is 2. The molecule has 1 aliphatic heterocycles. The Labute approximate surface area is 153 Å². The molecular weight excluding hydrogens is 330 g/mol. The molecule has 0 spiro atoms. The van der Waals surface area contributed by atoms with Gasteiger partial charge in [0.15, 0.2) is 11.5 Å². The van der Waals surface area contributed by atoms with Gasteiger partial charge in [-0.1, -0.05) is 6.92 Å². The van der Waals surface area contributed by atoms with E-state index in [9.17, 15) is 4.79 Å². The minimum Gasteiger partial charge on any atom is -0.493 e. The van der Waals surface area contributed by atoms with Gasteiger partial charge in [-0.2, -0.15) is 5.10 Å². The van der Waals surface area contributed by atoms with Crippen molar-refractivity contribution in [2.24, 2.45) is 11.0 Å². The predicted octanol–water partition coefficient (Wildman–Crippen LogP) is 3.17. The van der Waals surface area contributed by atoms with Gasteiger partial charge in [-0.15, -0.1) is 0 Å². The molecule has 0 fully saturated rings. The van der Waals surface area contributed by atoms with Crippen molar-refractivity contribution in [3.05, 3.63) is 53.6 Å². The SMILES string of the molecule is COc1ccc(C2=NN(C(=O)c3ccc(N)cc3)CCC2C)cc1OC. The highest BCUT2D eigenvalue weighted by Crippen LogP contribution is 2.30. The third-order valence-corrected chi connectivity index (χ3v) is 4.54. The fourth-order valence-corrected chi connectivity index (χ4v) is 2.99. The number of amides is 1. The second-order valence-corrected chi connectivity index (χ2v) is 6.30. The summed E-state index contributed by atoms with van der Waals surface area (Å²) in [6, 6.07) is 12.6. The fraction of sp³-hybridized carbons (Fsp3) is 0.300. The monoisotopic (exact) mass is 353 g/mol. The van der Waals surface area contributed by atoms with Crippen molar-refractivity contribution in [3.8, 4) is 11.5 Å². The summed E-state index contributed by atoms with van der Waals surface area (Å²) in [5.74, 6) is 1.41. The Kier molecular flexibility index (Phi) is 5.11. The molecule has 0 saturated carbocycles. The zero-order valence-electron chi connectivity index (χ0n) is 15.2. The van der Waals surface area contributed by atoms with Gasteiger partial charge in [0.25, 0.3) is 5.91 Å². The molecule has 1 unspecified atom stereocenters. The second kappa shape index (κ2) is 7.47. The Morgan fingerprint density at radius 3 is 2.46 bits per heavy atom. The first-order valence-corrected chi connectivity index (χ1v) is 8.51. The van der Waals surface area contributed by atoms with Crippen LogP contribution in [-0.4, -0.2) is 37.4 Å². The van der Waals surface area contributed by atoms with Crippen LogP contribution in [0.5, 0.6) is 11.5 Å². The number of anilines is 1. The topological polar surface area (TPSA) is 77.2 Å². The smallest absolute Gasteiger partial charge is 0.273 e. The van der Waals surface area contributed by atoms with Crippen molar-refractivity contribution in [3.63, 3.8) is 0 Å². The Balaban J connectivity index is 1.93. The van der Waals surface area contributed by atoms with Crippen LogP contribution in [0.4, 0.5) is 5.69 Å². The van der Waals surface area contributed by atoms with Gasteiger partial charge in [-0.25, -0.2) is 5.01 Å². The van der Waals surface area contributed by atoms with Gasteiger partial charge in [0.1, 0.15) is 0 Å². The van der Waals surface area contributed by atoms with E-state index in [1.807, 2.05) is 18.2 Å². The van der Waals surface area contributed by atoms with Gasteiger partial charge in [-0.3, -0.25) is 4.79 Å². The highest BCUT2D eigenvalue weighted by Gasteiger charge is 2.26. The Bertz CT molecular complexity index is 831. The summed E-state index contributed by atoms with van der Waals surface area (Å²) in [7, 11) is 3.20. The molecule has 2 aromatic rings. The third-order valence-electron chi connectivity index (χ3n) is 4.54. The lowest BCUT2D eigenvalue weighted by Crippen LogP contribution is -2.35. The second-order valence-electron chi connectivity index (χ2n) is 6.30. The summed E-state index contributed by atoms with van der Waals surface area (Å²) in [6.45, 7) is 2.70. The normalized spacial score (nSPS) is 16.8. The lowest BCUT2D eigenvalue weighted by molar-refractivity contribution is 0.0744. The van der Waals surface area contributed by atoms with E-state index >= 15 is 0 Å². The minimum atomic E-state index is -0.130. The highest BCUT2D eigenvalue weighted by molar-refractivity contribution is 6.04. The molecular formula is C20H23N3O3. The number of hydrogen-bond donors (Lipinski definition) is 1. The van der Waals surface area contributed by atoms with Gasteiger partial charge in [0.05, 0.1) is 19.9 Å². The number of carbonyl (C=O) groups excluding carboxylic acids is 1. The molecule has 0 radical (unpaired) electrons. The van der Waals surface area contributed by atoms with Crippen molar-refractivity contribution in [1.29, 1.82) is 0 Å². The van der Waals surface area contributed by atoms with Crippen LogP contribution in [-0.2, 0) is 0 Å². The standard InChI is InChI=1S/C20H23N3O3/c1-13-10-11-23(20(24)14-4-7-16(21)8-5-14)22-19(13)15-6-9-17(25-2)18(12-15)26-3/h4-9,12-13H,10-11,21H2,1-3H3. The van der Waals surface area contributed by atoms with E-state index in [1.54, 1.807) is 38.5 Å². The summed E-state index contributed by atoms with van der Waals surface area (Å²) in [4.78, 5) is 12.8. The summed E-state index contributed by atoms with van der Waals surface area (Å²) in [5.41, 5.74) is 8.68. The maximum Gasteiger partial charge on any atom is 0.273 e. The van der Waals surface area contributed by atoms with E-state index in [4.69, 9.17) is 15.2 Å². The van der Waals surface area contributed by atoms with Crippen LogP contribution in [0, 0.1) is 5.92 Å². The van der Waals surface area contributed by atoms with Gasteiger partial charge < -0.3 is 15.2 Å². The fourth-order valence-electron chi connectivity index (χ4n) is 2.99. The van der Waals surface area contributed by atoms with Gasteiger partial charge in [0.2, 0.25) is 0 Å². The molecule has 1 aliphatic rings. The Morgan fingerprint density at radius 1 is 1.12 bits per heavy atom. The summed E-state index contributed by atoms with van der Waals surface area (Å²) < 4.78 is 10.7. The van der Waals surface area contributed by atoms with E-state index in [0.29, 0.717) is 29.3 Å². The molecule has 2 aromatic carbocycles. The molecule has 3 rings (SSSR count). The summed E-state index contributed by atoms with van der Waals surface area (Å²) in [6.07, 6.45) is 0.841. The number of ether oxygens (including phenoxy) is 2. The van der Waals surface area contributed by atoms with Crippen LogP contribution in [0.2, 0.25) is 0 Å². The van der Waals surface area contributed by atoms with Crippen LogP contribution in [0.25, 0.3) is 0 Å². The lowest BCUT2D eigenvalue weighted by Gasteiger charge is -2.28. The van der Waals surface area contributed by atoms with Crippen LogP contribution in [0.15, 0.2) is 47.6 Å². The van der Waals surface area contributed by atoms with Crippen LogP contribution < -0.4 is 15.2 Å². The molecule has 6 heteroatoms. The van der Waals surface area contributed by atoms with Crippen LogP contribution >= 0.6 is 0 Å². The Morgan fingerprint density at radius 2 is 1.81 bits per heavy atom. The first kappa shape index (κ1) is 17.8. The summed E-state index contributed by atoms with van der Waals surface area (Å²) >= 11 is 0. The molecule has 6 nitrogen and oxygen atoms in total. The number of nitrogen functional groups attached to an aromatic ring is 1. The number of rotatable bonds is 4. The van der Waals surface area contributed by atoms with Crippen LogP contribution in [0.3, 0.4) is 0 Å². The van der Waals surface area contributed by atoms with Crippen LogP contribution in [0.1, 0.15) is 29.3 Å². The molecule has 0 aromatic heterocycles. The number of hydrogen-bond acceptors (Lipinski definition) is 5. The number of benzene rings is 2. The largest absolute Gasteiger partial charge is 0.493 e. The average molecular weight is 353 g/mol. The van der Waals surface area contributed by atoms with Gasteiger partial charge >= 0.3 is 0 Å². The molecule has 26 heavy (non-hydrogen) atoms. The van der Waals surface area contributed by atoms with Gasteiger partial charge in [0, 0.05) is 29.3 Å². The quantitative estimate of drug-likeness (QED) is 0.857. The Hall–Kier alpha value is -3.02. The van der Waals surface area contributed by atoms with Crippen molar-refractivity contribution in [2.75, 3.05) is 26.5 Å². The van der Waals surface area contributed by atoms with Crippen molar-refractivity contribution < 1.29 is 14.3 Å². The van der Waals surface area contributed by atoms with E-state index in [-0.39, 0.29) is 11.8 Å². The van der Waals surface area contributed by atoms with Crippen molar-refractivity contribution >= 4 is 17.3 Å². The first-order chi connectivity index (χ1) is 12.5. The molecule has 2 N–H and O–H groups in total. The van der Waals surface area contributed by atoms with E-state index in [2.05, 4.69) is 12.0 Å². The van der Waals surface area contributed by atoms with E-state index in [1.165, 1.54) is 5.01 Å². The van der Waals surface area contributed by atoms with Crippen molar-refractivity contribution in [2.45, 2.75) is 13.3 Å². The number of nitrogens with two attached hydrogens (primary N) is 1. The first-order valence-electron chi connectivity index (χ1n) is 8.51. The molecule has 0 saturated heterocycles. The maximum absolute atomic E-state index is 12.8. The molecule has 136 valence electrons. The predicted molar refractivity (Wildman–Crippen MR) is 102 cm³/mol. The molecule has 1 amide bonds. The lowest BCUT2D eigenvalue weighted by atomic mass is 9.93. The number of carbonyl (C=O) groups is 1. The van der Waals surface area contributed by atoms with Gasteiger partial charge in [-0.05, 0) is 48.9 Å². The molecule has 0 bridgehead atoms. The molecule has 1 heterocycles. The molecule has 1 atom stereocenters. The summed E-state index contributed by atoms with van der Waals surface area (Å²) in [5, 5.41) is 6.16. The number of nitrogens with zero attached hydrogens (tertiary/aromatic N) is 2. The molecule has 0 aliphatic carbocycles.